The number of allylic oxidation sites excluding steroid dienone is 2. The average molecular weight is 201 g/mol. The van der Waals surface area contributed by atoms with Crippen molar-refractivity contribution in [2.45, 2.75) is 25.3 Å². The predicted molar refractivity (Wildman–Crippen MR) is 48.6 cm³/mol. The number of hydrogen-bond donors (Lipinski definition) is 1. The number of rotatable bonds is 1. The van der Waals surface area contributed by atoms with Crippen molar-refractivity contribution in [3.8, 4) is 0 Å². The second-order valence-electron chi connectivity index (χ2n) is 3.79. The largest absolute Gasteiger partial charge is 0.494 e. The molecule has 1 fully saturated rings. The maximum Gasteiger partial charge on any atom is 0.196 e. The molecule has 78 valence electrons. The van der Waals surface area contributed by atoms with Gasteiger partial charge in [-0.15, -0.1) is 0 Å². The topological polar surface area (TPSA) is 35.2 Å². The fraction of sp³-hybridized carbons (Fsp3) is 0.600. The van der Waals surface area contributed by atoms with Crippen LogP contribution in [0, 0.1) is 5.92 Å². The molecule has 1 unspecified atom stereocenters. The first-order chi connectivity index (χ1) is 6.65. The van der Waals surface area contributed by atoms with Gasteiger partial charge in [-0.1, -0.05) is 0 Å². The molecule has 14 heavy (non-hydrogen) atoms. The molecule has 2 N–H and O–H groups in total. The van der Waals surface area contributed by atoms with Crippen molar-refractivity contribution < 1.29 is 13.5 Å². The van der Waals surface area contributed by atoms with Crippen molar-refractivity contribution in [2.24, 2.45) is 11.7 Å². The summed E-state index contributed by atoms with van der Waals surface area (Å²) >= 11 is 0. The molecule has 4 heteroatoms. The van der Waals surface area contributed by atoms with E-state index in [-0.39, 0.29) is 24.1 Å². The smallest absolute Gasteiger partial charge is 0.196 e. The van der Waals surface area contributed by atoms with E-state index in [0.29, 0.717) is 0 Å². The highest BCUT2D eigenvalue weighted by atomic mass is 19.2. The van der Waals surface area contributed by atoms with E-state index in [0.717, 1.165) is 18.4 Å². The molecular weight excluding hydrogens is 188 g/mol. The summed E-state index contributed by atoms with van der Waals surface area (Å²) in [5.74, 6) is -1.56. The van der Waals surface area contributed by atoms with Gasteiger partial charge in [-0.3, -0.25) is 0 Å². The zero-order valence-corrected chi connectivity index (χ0v) is 8.02. The van der Waals surface area contributed by atoms with Gasteiger partial charge in [0.1, 0.15) is 5.83 Å². The van der Waals surface area contributed by atoms with Crippen LogP contribution in [0.3, 0.4) is 0 Å². The number of ether oxygens (including phenoxy) is 1. The lowest BCUT2D eigenvalue weighted by Crippen LogP contribution is -2.27. The van der Waals surface area contributed by atoms with Crippen LogP contribution in [0.1, 0.15) is 19.3 Å². The fourth-order valence-corrected chi connectivity index (χ4v) is 2.29. The van der Waals surface area contributed by atoms with E-state index >= 15 is 0 Å². The Hall–Kier alpha value is -0.900. The van der Waals surface area contributed by atoms with E-state index in [1.807, 2.05) is 0 Å². The van der Waals surface area contributed by atoms with Crippen molar-refractivity contribution in [2.75, 3.05) is 7.11 Å². The normalized spacial score (nSPS) is 32.3. The van der Waals surface area contributed by atoms with Crippen molar-refractivity contribution in [3.05, 3.63) is 23.0 Å². The van der Waals surface area contributed by atoms with Crippen LogP contribution in [-0.2, 0) is 4.74 Å². The summed E-state index contributed by atoms with van der Waals surface area (Å²) in [5, 5.41) is 0. The summed E-state index contributed by atoms with van der Waals surface area (Å²) in [4.78, 5) is 0. The van der Waals surface area contributed by atoms with Gasteiger partial charge in [-0.05, 0) is 18.4 Å². The first-order valence-electron chi connectivity index (χ1n) is 4.72. The quantitative estimate of drug-likeness (QED) is 0.705. The summed E-state index contributed by atoms with van der Waals surface area (Å²) in [6, 6.07) is -0.0611. The number of nitrogens with two attached hydrogens (primary N) is 1. The van der Waals surface area contributed by atoms with Crippen LogP contribution in [0.4, 0.5) is 8.78 Å². The molecule has 2 aliphatic rings. The summed E-state index contributed by atoms with van der Waals surface area (Å²) in [7, 11) is 1.36. The molecule has 0 heterocycles. The number of fused-ring (bicyclic) bond motifs is 1. The van der Waals surface area contributed by atoms with Crippen molar-refractivity contribution in [1.29, 1.82) is 0 Å². The van der Waals surface area contributed by atoms with E-state index in [1.54, 1.807) is 0 Å². The van der Waals surface area contributed by atoms with Gasteiger partial charge in [0.05, 0.1) is 7.11 Å². The predicted octanol–water partition coefficient (Wildman–Crippen LogP) is 2.18. The Balaban J connectivity index is 2.42. The molecule has 2 rings (SSSR count). The van der Waals surface area contributed by atoms with Gasteiger partial charge in [0, 0.05) is 18.4 Å². The monoisotopic (exact) mass is 201 g/mol. The molecule has 0 aromatic heterocycles. The lowest BCUT2D eigenvalue weighted by atomic mass is 9.90. The number of halogens is 2. The molecule has 0 bridgehead atoms. The van der Waals surface area contributed by atoms with Crippen LogP contribution >= 0.6 is 0 Å². The molecule has 0 saturated heterocycles. The summed E-state index contributed by atoms with van der Waals surface area (Å²) in [6.07, 6.45) is 1.60. The van der Waals surface area contributed by atoms with Crippen LogP contribution < -0.4 is 5.73 Å². The molecule has 2 atom stereocenters. The van der Waals surface area contributed by atoms with E-state index in [4.69, 9.17) is 10.5 Å². The van der Waals surface area contributed by atoms with Crippen LogP contribution in [0.2, 0.25) is 0 Å². The molecule has 0 spiro atoms. The minimum Gasteiger partial charge on any atom is -0.494 e. The van der Waals surface area contributed by atoms with Crippen LogP contribution in [0.25, 0.3) is 0 Å². The number of methoxy groups -OCH3 is 1. The standard InChI is InChI=1S/C10H13F2NO/c1-14-10-5-2-3-8(13)6(5)4-7(11)9(10)12/h6,8H,2-4,13H2,1H3/t6?,8-/m1/s1. The van der Waals surface area contributed by atoms with Crippen LogP contribution in [-0.4, -0.2) is 13.2 Å². The number of hydrogen-bond acceptors (Lipinski definition) is 2. The van der Waals surface area contributed by atoms with E-state index in [1.165, 1.54) is 7.11 Å². The maximum atomic E-state index is 13.3. The van der Waals surface area contributed by atoms with Crippen molar-refractivity contribution >= 4 is 0 Å². The lowest BCUT2D eigenvalue weighted by molar-refractivity contribution is 0.257. The second-order valence-corrected chi connectivity index (χ2v) is 3.79. The first-order valence-corrected chi connectivity index (χ1v) is 4.72. The van der Waals surface area contributed by atoms with E-state index < -0.39 is 11.7 Å². The summed E-state index contributed by atoms with van der Waals surface area (Å²) < 4.78 is 31.3. The highest BCUT2D eigenvalue weighted by Crippen LogP contribution is 2.44. The third-order valence-electron chi connectivity index (χ3n) is 3.04. The highest BCUT2D eigenvalue weighted by Gasteiger charge is 2.38. The molecule has 2 nitrogen and oxygen atoms in total. The Morgan fingerprint density at radius 1 is 1.43 bits per heavy atom. The van der Waals surface area contributed by atoms with Crippen molar-refractivity contribution in [1.82, 2.24) is 0 Å². The molecule has 1 saturated carbocycles. The molecule has 0 aromatic carbocycles. The zero-order chi connectivity index (χ0) is 10.3. The average Bonchev–Trinajstić information content (AvgIpc) is 2.51. The molecule has 0 amide bonds. The Kier molecular flexibility index (Phi) is 2.31. The highest BCUT2D eigenvalue weighted by molar-refractivity contribution is 5.37. The zero-order valence-electron chi connectivity index (χ0n) is 8.02. The SMILES string of the molecule is COC1=C2CC[C@@H](N)C2CC(F)=C1F. The summed E-state index contributed by atoms with van der Waals surface area (Å²) in [6.45, 7) is 0. The van der Waals surface area contributed by atoms with Gasteiger partial charge in [0.2, 0.25) is 0 Å². The minimum absolute atomic E-state index is 0.0611. The minimum atomic E-state index is -0.840. The molecular formula is C10H13F2NO. The Morgan fingerprint density at radius 2 is 2.14 bits per heavy atom. The Bertz CT molecular complexity index is 322. The maximum absolute atomic E-state index is 13.3. The molecule has 2 aliphatic carbocycles. The first kappa shape index (κ1) is 9.65. The van der Waals surface area contributed by atoms with Gasteiger partial charge < -0.3 is 10.5 Å². The third-order valence-corrected chi connectivity index (χ3v) is 3.04. The molecule has 0 aliphatic heterocycles. The Labute approximate surface area is 81.4 Å². The molecule has 0 aromatic rings. The Morgan fingerprint density at radius 3 is 2.79 bits per heavy atom. The van der Waals surface area contributed by atoms with Gasteiger partial charge >= 0.3 is 0 Å². The van der Waals surface area contributed by atoms with Gasteiger partial charge in [0.15, 0.2) is 11.6 Å². The third kappa shape index (κ3) is 1.25. The van der Waals surface area contributed by atoms with E-state index in [2.05, 4.69) is 0 Å². The van der Waals surface area contributed by atoms with Crippen LogP contribution in [0.5, 0.6) is 0 Å². The lowest BCUT2D eigenvalue weighted by Gasteiger charge is -2.23. The van der Waals surface area contributed by atoms with Crippen molar-refractivity contribution in [3.63, 3.8) is 0 Å². The van der Waals surface area contributed by atoms with Gasteiger partial charge in [0.25, 0.3) is 0 Å². The van der Waals surface area contributed by atoms with Gasteiger partial charge in [-0.2, -0.15) is 0 Å². The second kappa shape index (κ2) is 3.35. The van der Waals surface area contributed by atoms with E-state index in [9.17, 15) is 8.78 Å². The summed E-state index contributed by atoms with van der Waals surface area (Å²) in [5.41, 5.74) is 6.66. The van der Waals surface area contributed by atoms with Crippen LogP contribution in [0.15, 0.2) is 23.0 Å². The fourth-order valence-electron chi connectivity index (χ4n) is 2.29. The molecule has 0 radical (unpaired) electrons. The van der Waals surface area contributed by atoms with Gasteiger partial charge in [-0.25, -0.2) is 8.78 Å².